The fraction of sp³-hybridized carbons (Fsp3) is 0.500. The van der Waals surface area contributed by atoms with Gasteiger partial charge in [0, 0.05) is 11.6 Å². The molecule has 0 heterocycles. The van der Waals surface area contributed by atoms with Crippen molar-refractivity contribution in [2.24, 2.45) is 17.8 Å². The summed E-state index contributed by atoms with van der Waals surface area (Å²) in [5.41, 5.74) is 0.501. The van der Waals surface area contributed by atoms with Crippen molar-refractivity contribution in [2.75, 3.05) is 7.11 Å². The number of nitrogens with one attached hydrogen (secondary N) is 1. The number of benzene rings is 1. The lowest BCUT2D eigenvalue weighted by atomic mass is 9.84. The van der Waals surface area contributed by atoms with Crippen molar-refractivity contribution < 1.29 is 19.4 Å². The minimum atomic E-state index is -0.793. The first kappa shape index (κ1) is 13.9. The minimum absolute atomic E-state index is 0.211. The molecule has 21 heavy (non-hydrogen) atoms. The van der Waals surface area contributed by atoms with Gasteiger partial charge in [0.1, 0.15) is 5.75 Å². The molecule has 1 aromatic rings. The molecule has 1 aromatic carbocycles. The highest BCUT2D eigenvalue weighted by Crippen LogP contribution is 2.48. The molecule has 0 saturated heterocycles. The summed E-state index contributed by atoms with van der Waals surface area (Å²) in [7, 11) is 1.55. The molecule has 4 unspecified atom stereocenters. The van der Waals surface area contributed by atoms with Crippen molar-refractivity contribution in [2.45, 2.75) is 25.3 Å². The summed E-state index contributed by atoms with van der Waals surface area (Å²) < 4.78 is 5.11. The first-order chi connectivity index (χ1) is 10.1. The van der Waals surface area contributed by atoms with Crippen LogP contribution in [0.5, 0.6) is 5.75 Å². The van der Waals surface area contributed by atoms with E-state index in [2.05, 4.69) is 5.32 Å². The zero-order valence-corrected chi connectivity index (χ0v) is 11.9. The number of aliphatic carboxylic acids is 1. The second-order valence-electron chi connectivity index (χ2n) is 5.93. The normalized spacial score (nSPS) is 30.1. The van der Waals surface area contributed by atoms with Gasteiger partial charge in [-0.25, -0.2) is 0 Å². The van der Waals surface area contributed by atoms with E-state index in [0.717, 1.165) is 19.3 Å². The van der Waals surface area contributed by atoms with E-state index in [1.807, 2.05) is 0 Å². The molecule has 2 N–H and O–H groups in total. The molecule has 3 rings (SSSR count). The quantitative estimate of drug-likeness (QED) is 0.888. The van der Waals surface area contributed by atoms with Crippen molar-refractivity contribution in [1.82, 2.24) is 5.32 Å². The predicted octanol–water partition coefficient (Wildman–Crippen LogP) is 1.92. The van der Waals surface area contributed by atoms with Crippen LogP contribution in [0.2, 0.25) is 0 Å². The van der Waals surface area contributed by atoms with Crippen molar-refractivity contribution in [1.29, 1.82) is 0 Å². The standard InChI is InChI=1S/C16H19NO4/c1-21-12-4-2-3-11(8-12)15(18)17-14-10-6-5-9(7-10)13(14)16(19)20/h2-4,8-10,13-14H,5-7H2,1H3,(H,17,18)(H,19,20). The van der Waals surface area contributed by atoms with E-state index >= 15 is 0 Å². The summed E-state index contributed by atoms with van der Waals surface area (Å²) in [4.78, 5) is 23.8. The largest absolute Gasteiger partial charge is 0.497 e. The number of amides is 1. The number of ether oxygens (including phenoxy) is 1. The average Bonchev–Trinajstić information content (AvgIpc) is 3.08. The van der Waals surface area contributed by atoms with Crippen LogP contribution in [0.4, 0.5) is 0 Å². The van der Waals surface area contributed by atoms with Gasteiger partial charge < -0.3 is 15.2 Å². The van der Waals surface area contributed by atoms with E-state index in [4.69, 9.17) is 4.74 Å². The average molecular weight is 289 g/mol. The van der Waals surface area contributed by atoms with E-state index in [-0.39, 0.29) is 17.9 Å². The number of rotatable bonds is 4. The molecule has 5 nitrogen and oxygen atoms in total. The zero-order valence-electron chi connectivity index (χ0n) is 11.9. The Morgan fingerprint density at radius 2 is 2.05 bits per heavy atom. The van der Waals surface area contributed by atoms with Crippen LogP contribution in [0.1, 0.15) is 29.6 Å². The second kappa shape index (κ2) is 5.39. The van der Waals surface area contributed by atoms with Gasteiger partial charge in [-0.2, -0.15) is 0 Å². The van der Waals surface area contributed by atoms with Gasteiger partial charge in [0.15, 0.2) is 0 Å². The molecular formula is C16H19NO4. The smallest absolute Gasteiger partial charge is 0.308 e. The lowest BCUT2D eigenvalue weighted by Crippen LogP contribution is -2.46. The van der Waals surface area contributed by atoms with Crippen molar-refractivity contribution in [3.63, 3.8) is 0 Å². The number of carbonyl (C=O) groups is 2. The Balaban J connectivity index is 1.76. The van der Waals surface area contributed by atoms with Crippen LogP contribution in [0.3, 0.4) is 0 Å². The molecule has 1 amide bonds. The van der Waals surface area contributed by atoms with Crippen molar-refractivity contribution >= 4 is 11.9 Å². The molecule has 2 bridgehead atoms. The van der Waals surface area contributed by atoms with Gasteiger partial charge in [-0.05, 0) is 49.3 Å². The van der Waals surface area contributed by atoms with Crippen LogP contribution in [0.15, 0.2) is 24.3 Å². The Morgan fingerprint density at radius 1 is 1.29 bits per heavy atom. The maximum Gasteiger partial charge on any atom is 0.308 e. The highest BCUT2D eigenvalue weighted by molar-refractivity contribution is 5.95. The number of carboxylic acids is 1. The molecule has 2 aliphatic rings. The summed E-state index contributed by atoms with van der Waals surface area (Å²) in [5, 5.41) is 12.3. The molecule has 0 aromatic heterocycles. The monoisotopic (exact) mass is 289 g/mol. The fourth-order valence-corrected chi connectivity index (χ4v) is 3.85. The lowest BCUT2D eigenvalue weighted by Gasteiger charge is -2.28. The van der Waals surface area contributed by atoms with Gasteiger partial charge >= 0.3 is 5.97 Å². The van der Waals surface area contributed by atoms with E-state index in [1.54, 1.807) is 31.4 Å². The maximum atomic E-state index is 12.4. The highest BCUT2D eigenvalue weighted by Gasteiger charge is 2.51. The zero-order chi connectivity index (χ0) is 15.0. The SMILES string of the molecule is COc1cccc(C(=O)NC2C3CCC(C3)C2C(=O)O)c1. The number of hydrogen-bond donors (Lipinski definition) is 2. The molecule has 4 atom stereocenters. The van der Waals surface area contributed by atoms with Crippen LogP contribution in [0, 0.1) is 17.8 Å². The van der Waals surface area contributed by atoms with E-state index in [0.29, 0.717) is 17.2 Å². The van der Waals surface area contributed by atoms with Crippen molar-refractivity contribution in [3.8, 4) is 5.75 Å². The topological polar surface area (TPSA) is 75.6 Å². The van der Waals surface area contributed by atoms with Gasteiger partial charge in [0.25, 0.3) is 5.91 Å². The third-order valence-electron chi connectivity index (χ3n) is 4.83. The lowest BCUT2D eigenvalue weighted by molar-refractivity contribution is -0.144. The number of hydrogen-bond acceptors (Lipinski definition) is 3. The molecule has 0 aliphatic heterocycles. The number of carbonyl (C=O) groups excluding carboxylic acids is 1. The van der Waals surface area contributed by atoms with Crippen LogP contribution in [-0.2, 0) is 4.79 Å². The molecule has 112 valence electrons. The number of fused-ring (bicyclic) bond motifs is 2. The summed E-state index contributed by atoms with van der Waals surface area (Å²) >= 11 is 0. The molecule has 0 radical (unpaired) electrons. The maximum absolute atomic E-state index is 12.4. The molecule has 2 saturated carbocycles. The van der Waals surface area contributed by atoms with Crippen LogP contribution in [0.25, 0.3) is 0 Å². The third kappa shape index (κ3) is 2.48. The highest BCUT2D eigenvalue weighted by atomic mass is 16.5. The summed E-state index contributed by atoms with van der Waals surface area (Å²) in [6, 6.07) is 6.65. The summed E-state index contributed by atoms with van der Waals surface area (Å²) in [5.74, 6) is -0.340. The molecule has 2 aliphatic carbocycles. The van der Waals surface area contributed by atoms with E-state index in [1.165, 1.54) is 0 Å². The van der Waals surface area contributed by atoms with Crippen LogP contribution in [-0.4, -0.2) is 30.1 Å². The van der Waals surface area contributed by atoms with E-state index in [9.17, 15) is 14.7 Å². The Labute approximate surface area is 123 Å². The Morgan fingerprint density at radius 3 is 2.76 bits per heavy atom. The minimum Gasteiger partial charge on any atom is -0.497 e. The van der Waals surface area contributed by atoms with Gasteiger partial charge in [-0.3, -0.25) is 9.59 Å². The Hall–Kier alpha value is -2.04. The van der Waals surface area contributed by atoms with E-state index < -0.39 is 11.9 Å². The summed E-state index contributed by atoms with van der Waals surface area (Å²) in [6.45, 7) is 0. The Bertz CT molecular complexity index is 571. The van der Waals surface area contributed by atoms with Gasteiger partial charge in [-0.1, -0.05) is 6.07 Å². The molecule has 2 fully saturated rings. The van der Waals surface area contributed by atoms with Crippen LogP contribution >= 0.6 is 0 Å². The molecule has 0 spiro atoms. The second-order valence-corrected chi connectivity index (χ2v) is 5.93. The number of methoxy groups -OCH3 is 1. The van der Waals surface area contributed by atoms with Gasteiger partial charge in [0.05, 0.1) is 13.0 Å². The molecular weight excluding hydrogens is 270 g/mol. The first-order valence-electron chi connectivity index (χ1n) is 7.28. The third-order valence-corrected chi connectivity index (χ3v) is 4.83. The van der Waals surface area contributed by atoms with Crippen molar-refractivity contribution in [3.05, 3.63) is 29.8 Å². The van der Waals surface area contributed by atoms with Crippen LogP contribution < -0.4 is 10.1 Å². The Kier molecular flexibility index (Phi) is 3.57. The fourth-order valence-electron chi connectivity index (χ4n) is 3.85. The van der Waals surface area contributed by atoms with Gasteiger partial charge in [-0.15, -0.1) is 0 Å². The first-order valence-corrected chi connectivity index (χ1v) is 7.28. The molecule has 5 heteroatoms. The summed E-state index contributed by atoms with van der Waals surface area (Å²) in [6.07, 6.45) is 2.89. The predicted molar refractivity (Wildman–Crippen MR) is 76.2 cm³/mol. The van der Waals surface area contributed by atoms with Gasteiger partial charge in [0.2, 0.25) is 0 Å². The number of carboxylic acid groups (broad SMARTS) is 1.